The van der Waals surface area contributed by atoms with Gasteiger partial charge in [0.1, 0.15) is 11.9 Å². The quantitative estimate of drug-likeness (QED) is 0.885. The van der Waals surface area contributed by atoms with Crippen molar-refractivity contribution in [3.63, 3.8) is 0 Å². The van der Waals surface area contributed by atoms with Crippen molar-refractivity contribution >= 4 is 5.97 Å². The Labute approximate surface area is 112 Å². The van der Waals surface area contributed by atoms with Crippen LogP contribution in [0.5, 0.6) is 0 Å². The summed E-state index contributed by atoms with van der Waals surface area (Å²) in [5.41, 5.74) is 2.16. The highest BCUT2D eigenvalue weighted by Crippen LogP contribution is 2.32. The van der Waals surface area contributed by atoms with Crippen LogP contribution in [0.2, 0.25) is 0 Å². The van der Waals surface area contributed by atoms with E-state index in [9.17, 15) is 4.79 Å². The maximum atomic E-state index is 11.1. The van der Waals surface area contributed by atoms with E-state index in [0.29, 0.717) is 12.8 Å². The molecule has 2 aliphatic rings. The monoisotopic (exact) mass is 264 g/mol. The maximum Gasteiger partial charge on any atom is 0.306 e. The average Bonchev–Trinajstić information content (AvgIpc) is 2.76. The number of nitrogens with zero attached hydrogens (tertiary/aromatic N) is 2. The molecule has 1 N–H and O–H groups in total. The van der Waals surface area contributed by atoms with E-state index in [2.05, 4.69) is 9.55 Å². The van der Waals surface area contributed by atoms with Gasteiger partial charge in [-0.15, -0.1) is 0 Å². The van der Waals surface area contributed by atoms with Gasteiger partial charge in [0, 0.05) is 25.8 Å². The number of carboxylic acids is 1. The Morgan fingerprint density at radius 3 is 2.95 bits per heavy atom. The largest absolute Gasteiger partial charge is 0.481 e. The Bertz CT molecular complexity index is 489. The summed E-state index contributed by atoms with van der Waals surface area (Å²) in [5, 5.41) is 9.13. The lowest BCUT2D eigenvalue weighted by molar-refractivity contribution is -0.142. The first kappa shape index (κ1) is 12.7. The van der Waals surface area contributed by atoms with Crippen LogP contribution in [0.3, 0.4) is 0 Å². The minimum Gasteiger partial charge on any atom is -0.481 e. The first-order chi connectivity index (χ1) is 9.16. The summed E-state index contributed by atoms with van der Waals surface area (Å²) in [7, 11) is 2.03. The molecule has 104 valence electrons. The summed E-state index contributed by atoms with van der Waals surface area (Å²) in [5.74, 6) is 0.00466. The van der Waals surface area contributed by atoms with E-state index in [1.54, 1.807) is 0 Å². The second-order valence-corrected chi connectivity index (χ2v) is 5.56. The molecule has 0 bridgehead atoms. The van der Waals surface area contributed by atoms with Crippen LogP contribution in [-0.2, 0) is 29.4 Å². The molecule has 5 nitrogen and oxygen atoms in total. The van der Waals surface area contributed by atoms with Crippen LogP contribution in [-0.4, -0.2) is 27.2 Å². The molecule has 1 aromatic rings. The fourth-order valence-electron chi connectivity index (χ4n) is 3.17. The van der Waals surface area contributed by atoms with E-state index >= 15 is 0 Å². The summed E-state index contributed by atoms with van der Waals surface area (Å²) < 4.78 is 7.93. The molecule has 1 saturated heterocycles. The first-order valence-electron chi connectivity index (χ1n) is 7.05. The fraction of sp³-hybridized carbons (Fsp3) is 0.714. The van der Waals surface area contributed by atoms with Gasteiger partial charge in [-0.1, -0.05) is 0 Å². The second-order valence-electron chi connectivity index (χ2n) is 5.56. The van der Waals surface area contributed by atoms with Crippen LogP contribution < -0.4 is 0 Å². The Hall–Kier alpha value is -1.36. The Balaban J connectivity index is 1.86. The number of carbonyl (C=O) groups is 1. The summed E-state index contributed by atoms with van der Waals surface area (Å²) in [6.07, 6.45) is 5.50. The molecule has 1 fully saturated rings. The molecular formula is C14H20N2O3. The van der Waals surface area contributed by atoms with Crippen LogP contribution in [0.25, 0.3) is 0 Å². The highest BCUT2D eigenvalue weighted by molar-refractivity contribution is 5.70. The number of fused-ring (bicyclic) bond motifs is 1. The highest BCUT2D eigenvalue weighted by atomic mass is 16.5. The number of aliphatic carboxylic acids is 1. The van der Waals surface area contributed by atoms with Crippen molar-refractivity contribution in [1.29, 1.82) is 0 Å². The van der Waals surface area contributed by atoms with Crippen molar-refractivity contribution in [2.75, 3.05) is 6.61 Å². The lowest BCUT2D eigenvalue weighted by atomic mass is 9.90. The lowest BCUT2D eigenvalue weighted by Gasteiger charge is -2.22. The highest BCUT2D eigenvalue weighted by Gasteiger charge is 2.30. The molecule has 0 saturated carbocycles. The molecule has 0 amide bonds. The topological polar surface area (TPSA) is 64.4 Å². The summed E-state index contributed by atoms with van der Waals surface area (Å²) in [4.78, 5) is 15.8. The molecule has 3 rings (SSSR count). The minimum absolute atomic E-state index is 0.0904. The number of carboxylic acid groups (broad SMARTS) is 1. The summed E-state index contributed by atoms with van der Waals surface area (Å²) >= 11 is 0. The van der Waals surface area contributed by atoms with Crippen molar-refractivity contribution in [3.8, 4) is 0 Å². The number of imidazole rings is 1. The van der Waals surface area contributed by atoms with Crippen molar-refractivity contribution in [2.24, 2.45) is 13.0 Å². The van der Waals surface area contributed by atoms with E-state index in [4.69, 9.17) is 9.84 Å². The molecule has 1 aromatic heterocycles. The molecular weight excluding hydrogens is 244 g/mol. The van der Waals surface area contributed by atoms with Crippen molar-refractivity contribution in [3.05, 3.63) is 17.2 Å². The molecule has 0 spiro atoms. The van der Waals surface area contributed by atoms with Gasteiger partial charge in [0.05, 0.1) is 11.6 Å². The van der Waals surface area contributed by atoms with Gasteiger partial charge in [-0.05, 0) is 32.1 Å². The van der Waals surface area contributed by atoms with Gasteiger partial charge in [0.15, 0.2) is 0 Å². The van der Waals surface area contributed by atoms with E-state index in [1.807, 2.05) is 7.05 Å². The van der Waals surface area contributed by atoms with Crippen LogP contribution in [0.15, 0.2) is 0 Å². The van der Waals surface area contributed by atoms with Crippen molar-refractivity contribution in [2.45, 2.75) is 44.6 Å². The van der Waals surface area contributed by atoms with Gasteiger partial charge >= 0.3 is 5.97 Å². The number of hydrogen-bond acceptors (Lipinski definition) is 3. The van der Waals surface area contributed by atoms with Gasteiger partial charge in [-0.2, -0.15) is 0 Å². The average molecular weight is 264 g/mol. The Kier molecular flexibility index (Phi) is 3.31. The van der Waals surface area contributed by atoms with Gasteiger partial charge in [0.2, 0.25) is 0 Å². The van der Waals surface area contributed by atoms with Crippen molar-refractivity contribution < 1.29 is 14.6 Å². The zero-order chi connectivity index (χ0) is 13.4. The number of rotatable bonds is 2. The minimum atomic E-state index is -0.702. The standard InChI is InChI=1S/C14H20N2O3/c1-16-11-6-5-9(14(17)18)8-10(11)15-13(16)12-4-2-3-7-19-12/h9,12H,2-8H2,1H3,(H,17,18). The van der Waals surface area contributed by atoms with Gasteiger partial charge in [-0.25, -0.2) is 4.98 Å². The van der Waals surface area contributed by atoms with E-state index in [1.165, 1.54) is 12.1 Å². The zero-order valence-corrected chi connectivity index (χ0v) is 11.3. The number of hydrogen-bond donors (Lipinski definition) is 1. The van der Waals surface area contributed by atoms with Gasteiger partial charge < -0.3 is 14.4 Å². The second kappa shape index (κ2) is 4.96. The van der Waals surface area contributed by atoms with Crippen molar-refractivity contribution in [1.82, 2.24) is 9.55 Å². The predicted octanol–water partition coefficient (Wildman–Crippen LogP) is 1.85. The van der Waals surface area contributed by atoms with E-state index < -0.39 is 5.97 Å². The normalized spacial score (nSPS) is 27.0. The Morgan fingerprint density at radius 1 is 1.42 bits per heavy atom. The fourth-order valence-corrected chi connectivity index (χ4v) is 3.17. The molecule has 2 heterocycles. The van der Waals surface area contributed by atoms with Crippen LogP contribution in [0.4, 0.5) is 0 Å². The first-order valence-corrected chi connectivity index (χ1v) is 7.05. The number of ether oxygens (including phenoxy) is 1. The smallest absolute Gasteiger partial charge is 0.306 e. The third-order valence-electron chi connectivity index (χ3n) is 4.32. The van der Waals surface area contributed by atoms with Crippen LogP contribution >= 0.6 is 0 Å². The molecule has 2 atom stereocenters. The zero-order valence-electron chi connectivity index (χ0n) is 11.3. The predicted molar refractivity (Wildman–Crippen MR) is 68.9 cm³/mol. The number of aromatic nitrogens is 2. The molecule has 5 heteroatoms. The molecule has 19 heavy (non-hydrogen) atoms. The molecule has 0 radical (unpaired) electrons. The van der Waals surface area contributed by atoms with Crippen LogP contribution in [0, 0.1) is 5.92 Å². The summed E-state index contributed by atoms with van der Waals surface area (Å²) in [6.45, 7) is 0.806. The third-order valence-corrected chi connectivity index (χ3v) is 4.32. The van der Waals surface area contributed by atoms with E-state index in [-0.39, 0.29) is 12.0 Å². The lowest BCUT2D eigenvalue weighted by Crippen LogP contribution is -2.23. The molecule has 0 aromatic carbocycles. The Morgan fingerprint density at radius 2 is 2.26 bits per heavy atom. The third kappa shape index (κ3) is 2.27. The van der Waals surface area contributed by atoms with E-state index in [0.717, 1.165) is 37.4 Å². The molecule has 2 unspecified atom stereocenters. The summed E-state index contributed by atoms with van der Waals surface area (Å²) in [6, 6.07) is 0. The van der Waals surface area contributed by atoms with Gasteiger partial charge in [-0.3, -0.25) is 4.79 Å². The molecule has 1 aliphatic carbocycles. The van der Waals surface area contributed by atoms with Crippen LogP contribution in [0.1, 0.15) is 49.0 Å². The van der Waals surface area contributed by atoms with Gasteiger partial charge in [0.25, 0.3) is 0 Å². The maximum absolute atomic E-state index is 11.1. The SMILES string of the molecule is Cn1c(C2CCCCO2)nc2c1CCC(C(=O)O)C2. The molecule has 1 aliphatic heterocycles.